The molecule has 0 aromatic heterocycles. The molecule has 3 rings (SSSR count). The molecular weight excluding hydrogens is 316 g/mol. The van der Waals surface area contributed by atoms with Crippen molar-refractivity contribution in [1.82, 2.24) is 4.31 Å². The average molecular weight is 333 g/mol. The van der Waals surface area contributed by atoms with Crippen LogP contribution in [0.5, 0.6) is 0 Å². The lowest BCUT2D eigenvalue weighted by Gasteiger charge is -2.19. The van der Waals surface area contributed by atoms with Gasteiger partial charge < -0.3 is 0 Å². The summed E-state index contributed by atoms with van der Waals surface area (Å²) in [5, 5.41) is -0.412. The van der Waals surface area contributed by atoms with E-state index in [2.05, 4.69) is 0 Å². The Bertz CT molecular complexity index is 632. The van der Waals surface area contributed by atoms with E-state index in [9.17, 15) is 17.2 Å². The summed E-state index contributed by atoms with van der Waals surface area (Å²) in [6.07, 6.45) is 2.00. The highest BCUT2D eigenvalue weighted by atomic mass is 32.2. The summed E-state index contributed by atoms with van der Waals surface area (Å²) in [4.78, 5) is 0. The lowest BCUT2D eigenvalue weighted by Crippen LogP contribution is -2.35. The lowest BCUT2D eigenvalue weighted by molar-refractivity contribution is 0.425. The largest absolute Gasteiger partial charge is 0.217 e. The molecule has 1 aliphatic carbocycles. The molecule has 1 heterocycles. The Kier molecular flexibility index (Phi) is 4.25. The van der Waals surface area contributed by atoms with E-state index < -0.39 is 21.7 Å². The Morgan fingerprint density at radius 2 is 1.90 bits per heavy atom. The average Bonchev–Trinajstić information content (AvgIpc) is 3.27. The third-order valence-electron chi connectivity index (χ3n) is 3.91. The fourth-order valence-corrected chi connectivity index (χ4v) is 5.81. The van der Waals surface area contributed by atoms with E-state index in [1.54, 1.807) is 0 Å². The van der Waals surface area contributed by atoms with Gasteiger partial charge in [0, 0.05) is 29.7 Å². The first kappa shape index (κ1) is 15.2. The summed E-state index contributed by atoms with van der Waals surface area (Å²) < 4.78 is 53.2. The lowest BCUT2D eigenvalue weighted by atomic mass is 10.1. The van der Waals surface area contributed by atoms with Crippen molar-refractivity contribution < 1.29 is 17.2 Å². The molecule has 1 aromatic carbocycles. The smallest absolute Gasteiger partial charge is 0.212 e. The van der Waals surface area contributed by atoms with Crippen LogP contribution in [0.3, 0.4) is 0 Å². The second kappa shape index (κ2) is 5.85. The summed E-state index contributed by atoms with van der Waals surface area (Å²) >= 11 is 1.50. The molecule has 1 aliphatic heterocycles. The van der Waals surface area contributed by atoms with E-state index in [1.807, 2.05) is 0 Å². The van der Waals surface area contributed by atoms with Gasteiger partial charge in [0.25, 0.3) is 0 Å². The quantitative estimate of drug-likeness (QED) is 0.853. The molecule has 3 nitrogen and oxygen atoms in total. The van der Waals surface area contributed by atoms with Gasteiger partial charge in [-0.25, -0.2) is 21.5 Å². The van der Waals surface area contributed by atoms with Gasteiger partial charge in [0.2, 0.25) is 10.0 Å². The van der Waals surface area contributed by atoms with Crippen molar-refractivity contribution in [1.29, 1.82) is 0 Å². The highest BCUT2D eigenvalue weighted by Gasteiger charge is 2.40. The van der Waals surface area contributed by atoms with Crippen LogP contribution in [0.4, 0.5) is 8.78 Å². The van der Waals surface area contributed by atoms with Crippen molar-refractivity contribution in [2.24, 2.45) is 0 Å². The van der Waals surface area contributed by atoms with Gasteiger partial charge in [0.1, 0.15) is 11.6 Å². The van der Waals surface area contributed by atoms with Crippen molar-refractivity contribution in [2.45, 2.75) is 29.8 Å². The molecule has 0 amide bonds. The number of hydrogen-bond donors (Lipinski definition) is 0. The molecule has 0 spiro atoms. The van der Waals surface area contributed by atoms with E-state index in [0.29, 0.717) is 30.8 Å². The van der Waals surface area contributed by atoms with Crippen LogP contribution in [-0.2, 0) is 10.0 Å². The molecule has 2 aliphatic rings. The zero-order valence-electron chi connectivity index (χ0n) is 11.5. The van der Waals surface area contributed by atoms with Crippen molar-refractivity contribution in [3.8, 4) is 0 Å². The van der Waals surface area contributed by atoms with Crippen molar-refractivity contribution in [2.75, 3.05) is 18.8 Å². The first-order valence-corrected chi connectivity index (χ1v) is 9.59. The topological polar surface area (TPSA) is 37.4 Å². The van der Waals surface area contributed by atoms with Gasteiger partial charge in [0.15, 0.2) is 0 Å². The maximum Gasteiger partial charge on any atom is 0.217 e. The van der Waals surface area contributed by atoms with Gasteiger partial charge >= 0.3 is 0 Å². The molecule has 1 saturated heterocycles. The highest BCUT2D eigenvalue weighted by molar-refractivity contribution is 7.99. The van der Waals surface area contributed by atoms with E-state index in [-0.39, 0.29) is 10.5 Å². The van der Waals surface area contributed by atoms with E-state index in [4.69, 9.17) is 0 Å². The number of hydrogen-bond acceptors (Lipinski definition) is 3. The van der Waals surface area contributed by atoms with Crippen LogP contribution in [0.2, 0.25) is 0 Å². The predicted octanol–water partition coefficient (Wildman–Crippen LogP) is 2.94. The van der Waals surface area contributed by atoms with Crippen LogP contribution in [0.1, 0.15) is 30.1 Å². The van der Waals surface area contributed by atoms with Gasteiger partial charge in [-0.15, -0.1) is 0 Å². The molecule has 0 radical (unpaired) electrons. The summed E-state index contributed by atoms with van der Waals surface area (Å²) in [5.74, 6) is -0.279. The number of benzene rings is 1. The fourth-order valence-electron chi connectivity index (χ4n) is 2.59. The fraction of sp³-hybridized carbons (Fsp3) is 0.571. The van der Waals surface area contributed by atoms with Gasteiger partial charge in [0.05, 0.1) is 5.25 Å². The molecular formula is C14H17F2NO2S2. The molecule has 116 valence electrons. The van der Waals surface area contributed by atoms with Gasteiger partial charge in [-0.3, -0.25) is 0 Å². The first-order chi connectivity index (χ1) is 9.98. The number of halogens is 2. The normalized spacial score (nSPS) is 24.8. The highest BCUT2D eigenvalue weighted by Crippen LogP contribution is 2.38. The Labute approximate surface area is 127 Å². The van der Waals surface area contributed by atoms with Gasteiger partial charge in [-0.2, -0.15) is 11.8 Å². The zero-order chi connectivity index (χ0) is 15.0. The third-order valence-corrected chi connectivity index (χ3v) is 7.62. The second-order valence-electron chi connectivity index (χ2n) is 5.46. The number of sulfonamides is 1. The Morgan fingerprint density at radius 1 is 1.14 bits per heavy atom. The Morgan fingerprint density at radius 3 is 2.62 bits per heavy atom. The summed E-state index contributed by atoms with van der Waals surface area (Å²) in [6.45, 7) is 0.837. The molecule has 1 saturated carbocycles. The van der Waals surface area contributed by atoms with Crippen LogP contribution in [0.25, 0.3) is 0 Å². The molecule has 0 bridgehead atoms. The maximum absolute atomic E-state index is 13.8. The molecule has 21 heavy (non-hydrogen) atoms. The SMILES string of the molecule is O=S(=O)(C1CC1)N1CCSC(c2cc(F)ccc2F)CC1. The van der Waals surface area contributed by atoms with Gasteiger partial charge in [-0.1, -0.05) is 0 Å². The van der Waals surface area contributed by atoms with Crippen LogP contribution >= 0.6 is 11.8 Å². The van der Waals surface area contributed by atoms with Crippen molar-refractivity contribution in [3.05, 3.63) is 35.4 Å². The first-order valence-electron chi connectivity index (χ1n) is 7.04. The van der Waals surface area contributed by atoms with E-state index >= 15 is 0 Å². The van der Waals surface area contributed by atoms with Crippen LogP contribution in [0, 0.1) is 11.6 Å². The minimum atomic E-state index is -3.18. The van der Waals surface area contributed by atoms with Crippen LogP contribution in [-0.4, -0.2) is 36.8 Å². The molecule has 0 N–H and O–H groups in total. The van der Waals surface area contributed by atoms with Crippen LogP contribution in [0.15, 0.2) is 18.2 Å². The standard InChI is InChI=1S/C14H17F2NO2S2/c15-10-1-4-13(16)12(9-10)14-5-6-17(7-8-20-14)21(18,19)11-2-3-11/h1,4,9,11,14H,2-3,5-8H2. The number of thioether (sulfide) groups is 1. The van der Waals surface area contributed by atoms with Crippen molar-refractivity contribution >= 4 is 21.8 Å². The maximum atomic E-state index is 13.8. The molecule has 1 aromatic rings. The van der Waals surface area contributed by atoms with Gasteiger partial charge in [-0.05, 0) is 37.5 Å². The molecule has 1 unspecified atom stereocenters. The summed E-state index contributed by atoms with van der Waals surface area (Å²) in [6, 6.07) is 3.46. The summed E-state index contributed by atoms with van der Waals surface area (Å²) in [5.41, 5.74) is 0.339. The molecule has 1 atom stereocenters. The monoisotopic (exact) mass is 333 g/mol. The zero-order valence-corrected chi connectivity index (χ0v) is 13.1. The summed E-state index contributed by atoms with van der Waals surface area (Å²) in [7, 11) is -3.18. The van der Waals surface area contributed by atoms with Crippen molar-refractivity contribution in [3.63, 3.8) is 0 Å². The van der Waals surface area contributed by atoms with E-state index in [0.717, 1.165) is 25.0 Å². The molecule has 2 fully saturated rings. The van der Waals surface area contributed by atoms with Crippen LogP contribution < -0.4 is 0 Å². The second-order valence-corrected chi connectivity index (χ2v) is 8.98. The minimum Gasteiger partial charge on any atom is -0.212 e. The number of rotatable bonds is 3. The minimum absolute atomic E-state index is 0.194. The Hall–Kier alpha value is -0.660. The third kappa shape index (κ3) is 3.24. The number of nitrogens with zero attached hydrogens (tertiary/aromatic N) is 1. The van der Waals surface area contributed by atoms with E-state index in [1.165, 1.54) is 22.1 Å². The Balaban J connectivity index is 1.75. The molecule has 7 heteroatoms. The predicted molar refractivity (Wildman–Crippen MR) is 79.7 cm³/mol.